The van der Waals surface area contributed by atoms with Crippen molar-refractivity contribution in [3.8, 4) is 5.75 Å². The SMILES string of the molecule is Cc1cc(OC(F)(F)F)ccc1NC(=O)c1cccc(I)c1C(=O)N[C@@H](C)CS(=O)O. The lowest BCUT2D eigenvalue weighted by molar-refractivity contribution is -0.274. The molecule has 0 fully saturated rings. The summed E-state index contributed by atoms with van der Waals surface area (Å²) in [5, 5.41) is 5.15. The van der Waals surface area contributed by atoms with Crippen LogP contribution in [0.25, 0.3) is 0 Å². The van der Waals surface area contributed by atoms with Crippen LogP contribution in [0.3, 0.4) is 0 Å². The molecule has 2 aromatic rings. The van der Waals surface area contributed by atoms with Crippen LogP contribution in [-0.4, -0.2) is 38.7 Å². The molecular formula is C19H18F3IN2O5S. The molecule has 0 aliphatic carbocycles. The fraction of sp³-hybridized carbons (Fsp3) is 0.263. The van der Waals surface area contributed by atoms with E-state index in [1.54, 1.807) is 19.1 Å². The van der Waals surface area contributed by atoms with Crippen LogP contribution in [0.15, 0.2) is 36.4 Å². The number of alkyl halides is 3. The maximum atomic E-state index is 12.8. The first-order valence-corrected chi connectivity index (χ1v) is 11.1. The number of ether oxygens (including phenoxy) is 1. The highest BCUT2D eigenvalue weighted by atomic mass is 127. The summed E-state index contributed by atoms with van der Waals surface area (Å²) in [6.45, 7) is 3.05. The smallest absolute Gasteiger partial charge is 0.406 e. The molecule has 2 amide bonds. The van der Waals surface area contributed by atoms with E-state index in [0.717, 1.165) is 12.1 Å². The summed E-state index contributed by atoms with van der Waals surface area (Å²) < 4.78 is 61.3. The van der Waals surface area contributed by atoms with Gasteiger partial charge in [0.15, 0.2) is 11.1 Å². The van der Waals surface area contributed by atoms with Gasteiger partial charge in [-0.1, -0.05) is 6.07 Å². The van der Waals surface area contributed by atoms with E-state index in [1.807, 2.05) is 22.6 Å². The zero-order valence-electron chi connectivity index (χ0n) is 16.2. The van der Waals surface area contributed by atoms with Crippen molar-refractivity contribution in [2.75, 3.05) is 11.1 Å². The standard InChI is InChI=1S/C19H18F3IN2O5S/c1-10-8-12(30-19(20,21)22)6-7-15(10)25-17(26)13-4-3-5-14(23)16(13)18(27)24-11(2)9-31(28)29/h3-8,11H,9H2,1-2H3,(H,24,27)(H,25,26)(H,28,29)/t11-/m0/s1. The van der Waals surface area contributed by atoms with Gasteiger partial charge in [0.25, 0.3) is 11.8 Å². The van der Waals surface area contributed by atoms with E-state index in [1.165, 1.54) is 19.1 Å². The fourth-order valence-corrected chi connectivity index (χ4v) is 3.91. The minimum Gasteiger partial charge on any atom is -0.406 e. The summed E-state index contributed by atoms with van der Waals surface area (Å²) in [7, 11) is 0. The third-order valence-corrected chi connectivity index (χ3v) is 5.62. The minimum absolute atomic E-state index is 0.0386. The Balaban J connectivity index is 2.25. The largest absolute Gasteiger partial charge is 0.573 e. The quantitative estimate of drug-likeness (QED) is 0.344. The molecule has 0 aliphatic heterocycles. The Morgan fingerprint density at radius 2 is 1.90 bits per heavy atom. The molecule has 0 heterocycles. The molecule has 31 heavy (non-hydrogen) atoms. The normalized spacial score (nSPS) is 13.3. The Bertz CT molecular complexity index is 1020. The van der Waals surface area contributed by atoms with Crippen molar-refractivity contribution >= 4 is 51.2 Å². The number of halogens is 4. The van der Waals surface area contributed by atoms with Crippen molar-refractivity contribution in [1.29, 1.82) is 0 Å². The van der Waals surface area contributed by atoms with Gasteiger partial charge in [-0.2, -0.15) is 0 Å². The lowest BCUT2D eigenvalue weighted by atomic mass is 10.1. The van der Waals surface area contributed by atoms with Gasteiger partial charge < -0.3 is 19.9 Å². The van der Waals surface area contributed by atoms with Crippen LogP contribution in [0.5, 0.6) is 5.75 Å². The highest BCUT2D eigenvalue weighted by Gasteiger charge is 2.31. The van der Waals surface area contributed by atoms with Crippen LogP contribution in [-0.2, 0) is 11.1 Å². The summed E-state index contributed by atoms with van der Waals surface area (Å²) in [4.78, 5) is 25.5. The van der Waals surface area contributed by atoms with Crippen molar-refractivity contribution in [1.82, 2.24) is 5.32 Å². The number of hydrogen-bond acceptors (Lipinski definition) is 4. The topological polar surface area (TPSA) is 105 Å². The molecule has 3 N–H and O–H groups in total. The third-order valence-electron chi connectivity index (χ3n) is 3.94. The van der Waals surface area contributed by atoms with Gasteiger partial charge in [0.2, 0.25) is 0 Å². The second-order valence-corrected chi connectivity index (χ2v) is 8.64. The summed E-state index contributed by atoms with van der Waals surface area (Å²) in [5.74, 6) is -1.84. The predicted octanol–water partition coefficient (Wildman–Crippen LogP) is 4.09. The fourth-order valence-electron chi connectivity index (χ4n) is 2.66. The zero-order valence-corrected chi connectivity index (χ0v) is 19.2. The van der Waals surface area contributed by atoms with E-state index in [4.69, 9.17) is 4.55 Å². The lowest BCUT2D eigenvalue weighted by Crippen LogP contribution is -2.37. The Morgan fingerprint density at radius 1 is 1.23 bits per heavy atom. The van der Waals surface area contributed by atoms with Crippen molar-refractivity contribution in [3.05, 3.63) is 56.7 Å². The Kier molecular flexibility index (Phi) is 8.42. The molecule has 0 aliphatic rings. The number of anilines is 1. The zero-order chi connectivity index (χ0) is 23.3. The molecule has 0 saturated carbocycles. The van der Waals surface area contributed by atoms with Crippen molar-refractivity contribution in [2.24, 2.45) is 0 Å². The predicted molar refractivity (Wildman–Crippen MR) is 118 cm³/mol. The second kappa shape index (κ2) is 10.4. The highest BCUT2D eigenvalue weighted by molar-refractivity contribution is 14.1. The second-order valence-electron chi connectivity index (χ2n) is 6.50. The lowest BCUT2D eigenvalue weighted by Gasteiger charge is -2.16. The summed E-state index contributed by atoms with van der Waals surface area (Å²) >= 11 is -0.214. The van der Waals surface area contributed by atoms with Crippen molar-refractivity contribution in [2.45, 2.75) is 26.3 Å². The van der Waals surface area contributed by atoms with Gasteiger partial charge >= 0.3 is 6.36 Å². The molecular weight excluding hydrogens is 552 g/mol. The molecule has 0 spiro atoms. The van der Waals surface area contributed by atoms with Crippen LogP contribution < -0.4 is 15.4 Å². The molecule has 12 heteroatoms. The number of rotatable bonds is 7. The molecule has 7 nitrogen and oxygen atoms in total. The monoisotopic (exact) mass is 570 g/mol. The average Bonchev–Trinajstić information content (AvgIpc) is 2.61. The number of nitrogens with one attached hydrogen (secondary N) is 2. The Hall–Kier alpha value is -2.19. The Labute approximate surface area is 192 Å². The number of carbonyl (C=O) groups excluding carboxylic acids is 2. The molecule has 2 atom stereocenters. The number of aryl methyl sites for hydroxylation is 1. The van der Waals surface area contributed by atoms with Gasteiger partial charge in [-0.15, -0.1) is 13.2 Å². The van der Waals surface area contributed by atoms with Crippen LogP contribution in [0.2, 0.25) is 0 Å². The Morgan fingerprint density at radius 3 is 2.48 bits per heavy atom. The van der Waals surface area contributed by atoms with E-state index < -0.39 is 41.0 Å². The third kappa shape index (κ3) is 7.47. The van der Waals surface area contributed by atoms with Crippen molar-refractivity contribution < 1.29 is 36.3 Å². The number of hydrogen-bond donors (Lipinski definition) is 3. The van der Waals surface area contributed by atoms with Gasteiger partial charge in [-0.25, -0.2) is 4.21 Å². The molecule has 2 rings (SSSR count). The number of amides is 2. The molecule has 168 valence electrons. The molecule has 0 aromatic heterocycles. The van der Waals surface area contributed by atoms with E-state index in [0.29, 0.717) is 9.13 Å². The van der Waals surface area contributed by atoms with Crippen LogP contribution in [0.4, 0.5) is 18.9 Å². The van der Waals surface area contributed by atoms with Crippen molar-refractivity contribution in [3.63, 3.8) is 0 Å². The van der Waals surface area contributed by atoms with Crippen LogP contribution >= 0.6 is 22.6 Å². The molecule has 2 aromatic carbocycles. The highest BCUT2D eigenvalue weighted by Crippen LogP contribution is 2.27. The van der Waals surface area contributed by atoms with E-state index in [9.17, 15) is 27.0 Å². The summed E-state index contributed by atoms with van der Waals surface area (Å²) in [6, 6.07) is 7.46. The van der Waals surface area contributed by atoms with Gasteiger partial charge in [0.1, 0.15) is 5.75 Å². The molecule has 0 radical (unpaired) electrons. The maximum Gasteiger partial charge on any atom is 0.573 e. The molecule has 0 bridgehead atoms. The van der Waals surface area contributed by atoms with Gasteiger partial charge in [-0.05, 0) is 72.3 Å². The first-order chi connectivity index (χ1) is 14.4. The molecule has 1 unspecified atom stereocenters. The van der Waals surface area contributed by atoms with Crippen LogP contribution in [0, 0.1) is 10.5 Å². The van der Waals surface area contributed by atoms with E-state index >= 15 is 0 Å². The minimum atomic E-state index is -4.83. The van der Waals surface area contributed by atoms with Gasteiger partial charge in [-0.3, -0.25) is 9.59 Å². The summed E-state index contributed by atoms with van der Waals surface area (Å²) in [6.07, 6.45) is -4.83. The average molecular weight is 570 g/mol. The van der Waals surface area contributed by atoms with Crippen LogP contribution in [0.1, 0.15) is 33.2 Å². The summed E-state index contributed by atoms with van der Waals surface area (Å²) in [5.41, 5.74) is 0.683. The maximum absolute atomic E-state index is 12.8. The van der Waals surface area contributed by atoms with Gasteiger partial charge in [0.05, 0.1) is 16.9 Å². The first kappa shape index (κ1) is 25.1. The number of carbonyl (C=O) groups is 2. The molecule has 0 saturated heterocycles. The first-order valence-electron chi connectivity index (χ1n) is 8.72. The van der Waals surface area contributed by atoms with E-state index in [2.05, 4.69) is 15.4 Å². The van der Waals surface area contributed by atoms with E-state index in [-0.39, 0.29) is 22.6 Å². The van der Waals surface area contributed by atoms with Gasteiger partial charge in [0, 0.05) is 15.3 Å². The number of benzene rings is 2.